The van der Waals surface area contributed by atoms with Crippen LogP contribution in [0.5, 0.6) is 0 Å². The summed E-state index contributed by atoms with van der Waals surface area (Å²) in [6, 6.07) is 21.7. The average Bonchev–Trinajstić information content (AvgIpc) is 3.29. The highest BCUT2D eigenvalue weighted by Gasteiger charge is 2.22. The van der Waals surface area contributed by atoms with Crippen LogP contribution in [0.2, 0.25) is 0 Å². The van der Waals surface area contributed by atoms with Gasteiger partial charge in [0.05, 0.1) is 17.5 Å². The minimum atomic E-state index is -0.291. The molecule has 0 spiro atoms. The number of para-hydroxylation sites is 2. The fourth-order valence-corrected chi connectivity index (χ4v) is 3.85. The van der Waals surface area contributed by atoms with Crippen molar-refractivity contribution in [1.82, 2.24) is 14.9 Å². The first-order chi connectivity index (χ1) is 12.7. The second-order valence-electron chi connectivity index (χ2n) is 6.19. The fraction of sp³-hybridized carbons (Fsp3) is 0.143. The lowest BCUT2D eigenvalue weighted by Crippen LogP contribution is -2.32. The van der Waals surface area contributed by atoms with Gasteiger partial charge in [-0.15, -0.1) is 11.3 Å². The largest absolute Gasteiger partial charge is 0.342 e. The van der Waals surface area contributed by atoms with E-state index >= 15 is 0 Å². The molecule has 0 aliphatic carbocycles. The summed E-state index contributed by atoms with van der Waals surface area (Å²) in [4.78, 5) is 18.5. The summed E-state index contributed by atoms with van der Waals surface area (Å²) in [6.45, 7) is 0. The van der Waals surface area contributed by atoms with Crippen LogP contribution in [0.4, 0.5) is 0 Å². The van der Waals surface area contributed by atoms with Gasteiger partial charge in [0.15, 0.2) is 0 Å². The third kappa shape index (κ3) is 3.26. The Labute approximate surface area is 156 Å². The van der Waals surface area contributed by atoms with Crippen molar-refractivity contribution in [3.05, 3.63) is 88.4 Å². The number of hydrogen-bond acceptors (Lipinski definition) is 3. The van der Waals surface area contributed by atoms with Crippen molar-refractivity contribution in [2.45, 2.75) is 12.5 Å². The molecule has 2 aromatic heterocycles. The normalized spacial score (nSPS) is 12.2. The summed E-state index contributed by atoms with van der Waals surface area (Å²) in [5.74, 6) is 0.824. The van der Waals surface area contributed by atoms with Crippen LogP contribution in [0.25, 0.3) is 11.0 Å². The highest BCUT2D eigenvalue weighted by molar-refractivity contribution is 7.10. The van der Waals surface area contributed by atoms with Crippen molar-refractivity contribution in [3.8, 4) is 0 Å². The molecule has 2 heterocycles. The highest BCUT2D eigenvalue weighted by atomic mass is 32.1. The number of fused-ring (bicyclic) bond motifs is 1. The zero-order valence-electron chi connectivity index (χ0n) is 14.4. The van der Waals surface area contributed by atoms with Crippen LogP contribution in [0.1, 0.15) is 22.3 Å². The third-order valence-electron chi connectivity index (χ3n) is 4.43. The van der Waals surface area contributed by atoms with Crippen molar-refractivity contribution < 1.29 is 4.79 Å². The molecule has 1 N–H and O–H groups in total. The van der Waals surface area contributed by atoms with Crippen molar-refractivity contribution in [1.29, 1.82) is 0 Å². The number of nitrogens with one attached hydrogen (secondary N) is 1. The Morgan fingerprint density at radius 3 is 2.58 bits per heavy atom. The van der Waals surface area contributed by atoms with Crippen LogP contribution in [0.3, 0.4) is 0 Å². The molecule has 2 aromatic carbocycles. The first-order valence-electron chi connectivity index (χ1n) is 8.50. The van der Waals surface area contributed by atoms with Gasteiger partial charge < -0.3 is 9.88 Å². The summed E-state index contributed by atoms with van der Waals surface area (Å²) in [5, 5.41) is 5.16. The van der Waals surface area contributed by atoms with E-state index in [0.29, 0.717) is 6.42 Å². The van der Waals surface area contributed by atoms with Crippen molar-refractivity contribution in [2.24, 2.45) is 7.05 Å². The van der Waals surface area contributed by atoms with Gasteiger partial charge in [0, 0.05) is 11.9 Å². The first kappa shape index (κ1) is 16.5. The monoisotopic (exact) mass is 361 g/mol. The second-order valence-corrected chi connectivity index (χ2v) is 7.22. The van der Waals surface area contributed by atoms with Gasteiger partial charge in [-0.25, -0.2) is 4.98 Å². The molecule has 5 heteroatoms. The Hall–Kier alpha value is -2.92. The maximum Gasteiger partial charge on any atom is 0.226 e. The number of thiophene rings is 1. The molecule has 1 unspecified atom stereocenters. The molecular formula is C21H19N3OS. The molecule has 0 saturated heterocycles. The van der Waals surface area contributed by atoms with Crippen molar-refractivity contribution in [3.63, 3.8) is 0 Å². The van der Waals surface area contributed by atoms with Crippen molar-refractivity contribution >= 4 is 28.3 Å². The number of carbonyl (C=O) groups excluding carboxylic acids is 1. The van der Waals surface area contributed by atoms with Crippen LogP contribution >= 0.6 is 11.3 Å². The lowest BCUT2D eigenvalue weighted by Gasteiger charge is -2.19. The Bertz CT molecular complexity index is 1020. The Morgan fingerprint density at radius 2 is 1.85 bits per heavy atom. The number of aromatic nitrogens is 2. The standard InChI is InChI=1S/C21H19N3OS/c1-24-18-12-6-5-11-17(18)22-21(24)20(15-8-3-2-4-9-15)23-19(25)14-16-10-7-13-26-16/h2-13,20H,14H2,1H3,(H,23,25). The predicted octanol–water partition coefficient (Wildman–Crippen LogP) is 4.08. The summed E-state index contributed by atoms with van der Waals surface area (Å²) < 4.78 is 2.05. The van der Waals surface area contributed by atoms with E-state index in [1.54, 1.807) is 11.3 Å². The molecule has 0 fully saturated rings. The molecule has 4 rings (SSSR count). The summed E-state index contributed by atoms with van der Waals surface area (Å²) in [5.41, 5.74) is 3.00. The maximum absolute atomic E-state index is 12.7. The van der Waals surface area contributed by atoms with Gasteiger partial charge in [-0.1, -0.05) is 48.5 Å². The highest BCUT2D eigenvalue weighted by Crippen LogP contribution is 2.25. The smallest absolute Gasteiger partial charge is 0.226 e. The number of rotatable bonds is 5. The molecule has 1 atom stereocenters. The van der Waals surface area contributed by atoms with Crippen LogP contribution in [-0.2, 0) is 18.3 Å². The van der Waals surface area contributed by atoms with E-state index in [4.69, 9.17) is 4.98 Å². The van der Waals surface area contributed by atoms with E-state index in [0.717, 1.165) is 27.3 Å². The summed E-state index contributed by atoms with van der Waals surface area (Å²) >= 11 is 1.60. The Morgan fingerprint density at radius 1 is 1.08 bits per heavy atom. The van der Waals surface area contributed by atoms with E-state index in [1.807, 2.05) is 79.2 Å². The van der Waals surface area contributed by atoms with Gasteiger partial charge in [0.2, 0.25) is 5.91 Å². The molecular weight excluding hydrogens is 342 g/mol. The average molecular weight is 361 g/mol. The lowest BCUT2D eigenvalue weighted by atomic mass is 10.1. The molecule has 0 aliphatic heterocycles. The number of aryl methyl sites for hydroxylation is 1. The molecule has 0 saturated carbocycles. The molecule has 0 radical (unpaired) electrons. The van der Waals surface area contributed by atoms with Gasteiger partial charge in [-0.3, -0.25) is 4.79 Å². The third-order valence-corrected chi connectivity index (χ3v) is 5.31. The zero-order valence-corrected chi connectivity index (χ0v) is 15.2. The molecule has 0 bridgehead atoms. The van der Waals surface area contributed by atoms with Gasteiger partial charge in [0.25, 0.3) is 0 Å². The topological polar surface area (TPSA) is 46.9 Å². The van der Waals surface area contributed by atoms with Gasteiger partial charge in [0.1, 0.15) is 11.9 Å². The van der Waals surface area contributed by atoms with Crippen LogP contribution in [0, 0.1) is 0 Å². The van der Waals surface area contributed by atoms with Crippen molar-refractivity contribution in [2.75, 3.05) is 0 Å². The number of nitrogens with zero attached hydrogens (tertiary/aromatic N) is 2. The number of hydrogen-bond donors (Lipinski definition) is 1. The molecule has 1 amide bonds. The van der Waals surface area contributed by atoms with Crippen LogP contribution in [0.15, 0.2) is 72.1 Å². The quantitative estimate of drug-likeness (QED) is 0.582. The lowest BCUT2D eigenvalue weighted by molar-refractivity contribution is -0.120. The minimum absolute atomic E-state index is 0.00615. The van der Waals surface area contributed by atoms with Crippen LogP contribution < -0.4 is 5.32 Å². The minimum Gasteiger partial charge on any atom is -0.342 e. The maximum atomic E-state index is 12.7. The number of carbonyl (C=O) groups is 1. The molecule has 4 nitrogen and oxygen atoms in total. The molecule has 0 aliphatic rings. The first-order valence-corrected chi connectivity index (χ1v) is 9.38. The van der Waals surface area contributed by atoms with E-state index in [9.17, 15) is 4.79 Å². The van der Waals surface area contributed by atoms with Gasteiger partial charge >= 0.3 is 0 Å². The zero-order chi connectivity index (χ0) is 17.9. The fourth-order valence-electron chi connectivity index (χ4n) is 3.15. The number of benzene rings is 2. The van der Waals surface area contributed by atoms with E-state index < -0.39 is 0 Å². The van der Waals surface area contributed by atoms with E-state index in [-0.39, 0.29) is 11.9 Å². The number of amides is 1. The summed E-state index contributed by atoms with van der Waals surface area (Å²) in [6.07, 6.45) is 0.380. The SMILES string of the molecule is Cn1c(C(NC(=O)Cc2cccs2)c2ccccc2)nc2ccccc21. The van der Waals surface area contributed by atoms with Gasteiger partial charge in [-0.2, -0.15) is 0 Å². The van der Waals surface area contributed by atoms with Gasteiger partial charge in [-0.05, 0) is 29.1 Å². The van der Waals surface area contributed by atoms with E-state index in [2.05, 4.69) is 9.88 Å². The Kier molecular flexibility index (Phi) is 4.54. The number of imidazole rings is 1. The second kappa shape index (κ2) is 7.14. The van der Waals surface area contributed by atoms with E-state index in [1.165, 1.54) is 0 Å². The summed E-state index contributed by atoms with van der Waals surface area (Å²) in [7, 11) is 1.99. The molecule has 26 heavy (non-hydrogen) atoms. The predicted molar refractivity (Wildman–Crippen MR) is 105 cm³/mol. The molecule has 130 valence electrons. The Balaban J connectivity index is 1.71. The van der Waals surface area contributed by atoms with Crippen LogP contribution in [-0.4, -0.2) is 15.5 Å². The molecule has 4 aromatic rings.